The fraction of sp³-hybridized carbons (Fsp3) is 0.571. The van der Waals surface area contributed by atoms with Crippen molar-refractivity contribution in [3.05, 3.63) is 35.9 Å². The van der Waals surface area contributed by atoms with Gasteiger partial charge in [-0.3, -0.25) is 4.90 Å². The van der Waals surface area contributed by atoms with Crippen LogP contribution in [0.15, 0.2) is 30.3 Å². The molecule has 1 aromatic rings. The molecule has 0 spiro atoms. The number of benzene rings is 1. The highest BCUT2D eigenvalue weighted by Gasteiger charge is 2.33. The van der Waals surface area contributed by atoms with E-state index in [1.54, 1.807) is 0 Å². The highest BCUT2D eigenvalue weighted by molar-refractivity contribution is 5.14. The van der Waals surface area contributed by atoms with Gasteiger partial charge in [-0.15, -0.1) is 0 Å². The summed E-state index contributed by atoms with van der Waals surface area (Å²) in [4.78, 5) is 2.43. The van der Waals surface area contributed by atoms with Crippen molar-refractivity contribution < 1.29 is 5.11 Å². The molecule has 0 radical (unpaired) electrons. The minimum Gasteiger partial charge on any atom is -0.390 e. The average Bonchev–Trinajstić information content (AvgIpc) is 2.67. The number of rotatable bonds is 3. The minimum absolute atomic E-state index is 0.413. The smallest absolute Gasteiger partial charge is 0.0632 e. The third-order valence-corrected chi connectivity index (χ3v) is 3.52. The molecule has 1 fully saturated rings. The first kappa shape index (κ1) is 11.6. The number of hydrogen-bond donors (Lipinski definition) is 1. The molecule has 1 aliphatic rings. The minimum atomic E-state index is -0.536. The molecule has 0 amide bonds. The second kappa shape index (κ2) is 4.56. The van der Waals surface area contributed by atoms with Gasteiger partial charge in [0.25, 0.3) is 0 Å². The summed E-state index contributed by atoms with van der Waals surface area (Å²) >= 11 is 0. The fourth-order valence-electron chi connectivity index (χ4n) is 2.39. The Bertz CT molecular complexity index is 328. The molecule has 1 saturated heterocycles. The first-order valence-corrected chi connectivity index (χ1v) is 6.04. The molecule has 0 bridgehead atoms. The second-order valence-electron chi connectivity index (χ2n) is 5.36. The maximum Gasteiger partial charge on any atom is 0.0632 e. The van der Waals surface area contributed by atoms with Crippen LogP contribution < -0.4 is 0 Å². The van der Waals surface area contributed by atoms with Crippen LogP contribution in [0, 0.1) is 5.92 Å². The van der Waals surface area contributed by atoms with Crippen LogP contribution in [0.2, 0.25) is 0 Å². The molecule has 0 saturated carbocycles. The van der Waals surface area contributed by atoms with E-state index in [9.17, 15) is 5.11 Å². The number of hydrogen-bond acceptors (Lipinski definition) is 2. The quantitative estimate of drug-likeness (QED) is 0.843. The summed E-state index contributed by atoms with van der Waals surface area (Å²) in [6.07, 6.45) is 1.11. The van der Waals surface area contributed by atoms with Gasteiger partial charge < -0.3 is 5.11 Å². The van der Waals surface area contributed by atoms with Crippen LogP contribution >= 0.6 is 0 Å². The summed E-state index contributed by atoms with van der Waals surface area (Å²) in [6, 6.07) is 10.5. The van der Waals surface area contributed by atoms with Crippen molar-refractivity contribution in [2.45, 2.75) is 32.4 Å². The molecule has 16 heavy (non-hydrogen) atoms. The Morgan fingerprint density at radius 3 is 2.56 bits per heavy atom. The first-order valence-electron chi connectivity index (χ1n) is 6.04. The van der Waals surface area contributed by atoms with Crippen molar-refractivity contribution in [1.29, 1.82) is 0 Å². The van der Waals surface area contributed by atoms with Crippen LogP contribution in [0.3, 0.4) is 0 Å². The molecule has 2 heteroatoms. The maximum absolute atomic E-state index is 9.97. The molecule has 1 heterocycles. The van der Waals surface area contributed by atoms with Gasteiger partial charge in [0.15, 0.2) is 0 Å². The van der Waals surface area contributed by atoms with E-state index in [0.29, 0.717) is 5.92 Å². The number of nitrogens with zero attached hydrogens (tertiary/aromatic N) is 1. The lowest BCUT2D eigenvalue weighted by Gasteiger charge is -2.25. The summed E-state index contributed by atoms with van der Waals surface area (Å²) in [7, 11) is 0. The summed E-state index contributed by atoms with van der Waals surface area (Å²) in [5, 5.41) is 9.97. The maximum atomic E-state index is 9.97. The Hall–Kier alpha value is -0.860. The molecule has 2 rings (SSSR count). The molecule has 2 nitrogen and oxygen atoms in total. The van der Waals surface area contributed by atoms with Crippen LogP contribution in [0.25, 0.3) is 0 Å². The van der Waals surface area contributed by atoms with Crippen LogP contribution in [0.1, 0.15) is 25.8 Å². The lowest BCUT2D eigenvalue weighted by Crippen LogP contribution is -2.33. The van der Waals surface area contributed by atoms with Gasteiger partial charge in [0.05, 0.1) is 5.60 Å². The molecule has 0 aliphatic carbocycles. The number of likely N-dealkylation sites (tertiary alicyclic amines) is 1. The van der Waals surface area contributed by atoms with Crippen LogP contribution in [0.4, 0.5) is 0 Å². The number of aliphatic hydroxyl groups is 1. The molecule has 88 valence electrons. The third-order valence-electron chi connectivity index (χ3n) is 3.52. The molecule has 1 aliphatic heterocycles. The monoisotopic (exact) mass is 219 g/mol. The second-order valence-corrected chi connectivity index (χ2v) is 5.36. The van der Waals surface area contributed by atoms with E-state index in [1.165, 1.54) is 5.56 Å². The third kappa shape index (κ3) is 2.83. The lowest BCUT2D eigenvalue weighted by atomic mass is 9.90. The Morgan fingerprint density at radius 2 is 2.00 bits per heavy atom. The van der Waals surface area contributed by atoms with Gasteiger partial charge in [-0.1, -0.05) is 30.3 Å². The predicted molar refractivity (Wildman–Crippen MR) is 66.1 cm³/mol. The Balaban J connectivity index is 1.91. The molecule has 0 aromatic heterocycles. The fourth-order valence-corrected chi connectivity index (χ4v) is 2.39. The van der Waals surface area contributed by atoms with Gasteiger partial charge in [0.2, 0.25) is 0 Å². The van der Waals surface area contributed by atoms with E-state index < -0.39 is 5.60 Å². The van der Waals surface area contributed by atoms with Gasteiger partial charge in [-0.2, -0.15) is 0 Å². The van der Waals surface area contributed by atoms with Crippen LogP contribution in [0.5, 0.6) is 0 Å². The van der Waals surface area contributed by atoms with E-state index in [1.807, 2.05) is 19.9 Å². The van der Waals surface area contributed by atoms with Crippen molar-refractivity contribution in [1.82, 2.24) is 4.90 Å². The molecule has 1 aromatic carbocycles. The van der Waals surface area contributed by atoms with E-state index in [0.717, 1.165) is 26.1 Å². The van der Waals surface area contributed by atoms with Crippen molar-refractivity contribution in [3.63, 3.8) is 0 Å². The van der Waals surface area contributed by atoms with Crippen molar-refractivity contribution in [3.8, 4) is 0 Å². The molecular formula is C14H21NO. The summed E-state index contributed by atoms with van der Waals surface area (Å²) in [5.74, 6) is 0.413. The predicted octanol–water partition coefficient (Wildman–Crippen LogP) is 2.28. The van der Waals surface area contributed by atoms with Crippen LogP contribution in [-0.2, 0) is 6.54 Å². The highest BCUT2D eigenvalue weighted by Crippen LogP contribution is 2.27. The standard InChI is InChI=1S/C14H21NO/c1-14(2,16)13-8-9-15(11-13)10-12-6-4-3-5-7-12/h3-7,13,16H,8-11H2,1-2H3/t13-/m0/s1. The average molecular weight is 219 g/mol. The molecule has 1 N–H and O–H groups in total. The Labute approximate surface area is 97.9 Å². The first-order chi connectivity index (χ1) is 7.55. The van der Waals surface area contributed by atoms with E-state index >= 15 is 0 Å². The van der Waals surface area contributed by atoms with E-state index in [4.69, 9.17) is 0 Å². The van der Waals surface area contributed by atoms with Crippen molar-refractivity contribution in [2.24, 2.45) is 5.92 Å². The largest absolute Gasteiger partial charge is 0.390 e. The summed E-state index contributed by atoms with van der Waals surface area (Å²) in [5.41, 5.74) is 0.824. The lowest BCUT2D eigenvalue weighted by molar-refractivity contribution is 0.0208. The van der Waals surface area contributed by atoms with Crippen molar-refractivity contribution in [2.75, 3.05) is 13.1 Å². The normalized spacial score (nSPS) is 22.6. The zero-order chi connectivity index (χ0) is 11.6. The van der Waals surface area contributed by atoms with Gasteiger partial charge in [-0.05, 0) is 32.4 Å². The Kier molecular flexibility index (Phi) is 3.31. The molecular weight excluding hydrogens is 198 g/mol. The van der Waals surface area contributed by atoms with Gasteiger partial charge in [0, 0.05) is 19.0 Å². The van der Waals surface area contributed by atoms with Gasteiger partial charge in [-0.25, -0.2) is 0 Å². The summed E-state index contributed by atoms with van der Waals surface area (Å²) < 4.78 is 0. The zero-order valence-electron chi connectivity index (χ0n) is 10.2. The summed E-state index contributed by atoms with van der Waals surface area (Å²) in [6.45, 7) is 6.96. The van der Waals surface area contributed by atoms with Crippen molar-refractivity contribution >= 4 is 0 Å². The van der Waals surface area contributed by atoms with Crippen LogP contribution in [-0.4, -0.2) is 28.7 Å². The van der Waals surface area contributed by atoms with E-state index in [-0.39, 0.29) is 0 Å². The van der Waals surface area contributed by atoms with Gasteiger partial charge in [0.1, 0.15) is 0 Å². The molecule has 1 atom stereocenters. The molecule has 0 unspecified atom stereocenters. The zero-order valence-corrected chi connectivity index (χ0v) is 10.2. The van der Waals surface area contributed by atoms with Gasteiger partial charge >= 0.3 is 0 Å². The SMILES string of the molecule is CC(C)(O)[C@H]1CCN(Cc2ccccc2)C1. The topological polar surface area (TPSA) is 23.5 Å². The van der Waals surface area contributed by atoms with E-state index in [2.05, 4.69) is 29.2 Å². The highest BCUT2D eigenvalue weighted by atomic mass is 16.3. The Morgan fingerprint density at radius 1 is 1.31 bits per heavy atom.